The molecule has 0 atom stereocenters. The van der Waals surface area contributed by atoms with Crippen LogP contribution in [0.25, 0.3) is 0 Å². The van der Waals surface area contributed by atoms with E-state index in [0.717, 1.165) is 18.7 Å². The highest BCUT2D eigenvalue weighted by Gasteiger charge is 2.15. The second-order valence-corrected chi connectivity index (χ2v) is 4.02. The summed E-state index contributed by atoms with van der Waals surface area (Å²) in [5, 5.41) is 3.67. The van der Waals surface area contributed by atoms with Crippen LogP contribution in [-0.4, -0.2) is 35.5 Å². The van der Waals surface area contributed by atoms with Crippen molar-refractivity contribution in [1.82, 2.24) is 10.1 Å². The minimum Gasteiger partial charge on any atom is -0.361 e. The molecule has 1 saturated heterocycles. The van der Waals surface area contributed by atoms with E-state index in [1.807, 2.05) is 0 Å². The molecule has 4 nitrogen and oxygen atoms in total. The van der Waals surface area contributed by atoms with Crippen LogP contribution < -0.4 is 0 Å². The van der Waals surface area contributed by atoms with Crippen molar-refractivity contribution in [2.24, 2.45) is 0 Å². The molecule has 1 aromatic rings. The van der Waals surface area contributed by atoms with Crippen molar-refractivity contribution >= 4 is 5.78 Å². The van der Waals surface area contributed by atoms with Gasteiger partial charge in [-0.05, 0) is 32.9 Å². The summed E-state index contributed by atoms with van der Waals surface area (Å²) in [6.45, 7) is 4.86. The maximum absolute atomic E-state index is 11.2. The Labute approximate surface area is 89.2 Å². The third kappa shape index (κ3) is 2.45. The molecule has 1 aromatic heterocycles. The average Bonchev–Trinajstić information content (AvgIpc) is 2.86. The van der Waals surface area contributed by atoms with Crippen molar-refractivity contribution in [3.63, 3.8) is 0 Å². The number of hydrogen-bond donors (Lipinski definition) is 0. The number of rotatable bonds is 4. The van der Waals surface area contributed by atoms with Gasteiger partial charge in [-0.15, -0.1) is 0 Å². The number of likely N-dealkylation sites (tertiary alicyclic amines) is 1. The van der Waals surface area contributed by atoms with Crippen LogP contribution in [0, 0.1) is 0 Å². The number of aromatic nitrogens is 1. The molecule has 1 aliphatic heterocycles. The van der Waals surface area contributed by atoms with Gasteiger partial charge in [-0.25, -0.2) is 0 Å². The lowest BCUT2D eigenvalue weighted by molar-refractivity contribution is 0.101. The summed E-state index contributed by atoms with van der Waals surface area (Å²) in [7, 11) is 0. The summed E-state index contributed by atoms with van der Waals surface area (Å²) < 4.78 is 5.09. The fraction of sp³-hybridized carbons (Fsp3) is 0.636. The fourth-order valence-electron chi connectivity index (χ4n) is 2.00. The molecule has 0 unspecified atom stereocenters. The Kier molecular flexibility index (Phi) is 3.16. The van der Waals surface area contributed by atoms with E-state index in [0.29, 0.717) is 5.56 Å². The van der Waals surface area contributed by atoms with Crippen molar-refractivity contribution in [1.29, 1.82) is 0 Å². The van der Waals surface area contributed by atoms with Crippen molar-refractivity contribution < 1.29 is 9.32 Å². The van der Waals surface area contributed by atoms with Crippen LogP contribution in [0.15, 0.2) is 10.7 Å². The third-order valence-corrected chi connectivity index (χ3v) is 2.88. The van der Waals surface area contributed by atoms with Gasteiger partial charge >= 0.3 is 0 Å². The maximum atomic E-state index is 11.2. The largest absolute Gasteiger partial charge is 0.361 e. The highest BCUT2D eigenvalue weighted by molar-refractivity contribution is 5.94. The molecule has 0 radical (unpaired) electrons. The SMILES string of the molecule is CC(=O)c1cnoc1CCN1CCCC1. The van der Waals surface area contributed by atoms with E-state index in [1.165, 1.54) is 32.1 Å². The van der Waals surface area contributed by atoms with Gasteiger partial charge in [0.25, 0.3) is 0 Å². The summed E-state index contributed by atoms with van der Waals surface area (Å²) in [4.78, 5) is 13.6. The Morgan fingerprint density at radius 1 is 1.53 bits per heavy atom. The van der Waals surface area contributed by atoms with Gasteiger partial charge < -0.3 is 9.42 Å². The quantitative estimate of drug-likeness (QED) is 0.704. The molecule has 0 N–H and O–H groups in total. The molecule has 15 heavy (non-hydrogen) atoms. The van der Waals surface area contributed by atoms with Gasteiger partial charge in [0.2, 0.25) is 0 Å². The zero-order valence-corrected chi connectivity index (χ0v) is 9.03. The molecule has 0 spiro atoms. The fourth-order valence-corrected chi connectivity index (χ4v) is 2.00. The number of hydrogen-bond acceptors (Lipinski definition) is 4. The summed E-state index contributed by atoms with van der Waals surface area (Å²) in [5.74, 6) is 0.766. The van der Waals surface area contributed by atoms with Gasteiger partial charge in [0.1, 0.15) is 5.76 Å². The Bertz CT molecular complexity index is 340. The van der Waals surface area contributed by atoms with Crippen molar-refractivity contribution in [2.75, 3.05) is 19.6 Å². The number of Topliss-reactive ketones (excluding diaryl/α,β-unsaturated/α-hetero) is 1. The van der Waals surface area contributed by atoms with Crippen LogP contribution in [0.2, 0.25) is 0 Å². The first kappa shape index (κ1) is 10.4. The molecule has 1 fully saturated rings. The Morgan fingerprint density at radius 3 is 2.93 bits per heavy atom. The summed E-state index contributed by atoms with van der Waals surface area (Å²) in [6.07, 6.45) is 4.88. The van der Waals surface area contributed by atoms with Crippen LogP contribution in [0.4, 0.5) is 0 Å². The molecule has 0 aromatic carbocycles. The lowest BCUT2D eigenvalue weighted by Crippen LogP contribution is -2.22. The first-order chi connectivity index (χ1) is 7.27. The molecule has 0 saturated carbocycles. The summed E-state index contributed by atoms with van der Waals surface area (Å²) in [6, 6.07) is 0. The smallest absolute Gasteiger partial charge is 0.164 e. The lowest BCUT2D eigenvalue weighted by atomic mass is 10.1. The number of nitrogens with zero attached hydrogens (tertiary/aromatic N) is 2. The minimum atomic E-state index is 0.0349. The van der Waals surface area contributed by atoms with E-state index in [4.69, 9.17) is 4.52 Å². The number of carbonyl (C=O) groups excluding carboxylic acids is 1. The molecule has 0 amide bonds. The van der Waals surface area contributed by atoms with Crippen LogP contribution in [0.3, 0.4) is 0 Å². The van der Waals surface area contributed by atoms with E-state index in [-0.39, 0.29) is 5.78 Å². The second-order valence-electron chi connectivity index (χ2n) is 4.02. The highest BCUT2D eigenvalue weighted by Crippen LogP contribution is 2.12. The Hall–Kier alpha value is -1.16. The average molecular weight is 208 g/mol. The predicted octanol–water partition coefficient (Wildman–Crippen LogP) is 1.52. The number of carbonyl (C=O) groups is 1. The Balaban J connectivity index is 1.92. The first-order valence-electron chi connectivity index (χ1n) is 5.44. The van der Waals surface area contributed by atoms with Crippen molar-refractivity contribution in [2.45, 2.75) is 26.2 Å². The molecule has 0 aliphatic carbocycles. The van der Waals surface area contributed by atoms with Gasteiger partial charge in [-0.2, -0.15) is 0 Å². The van der Waals surface area contributed by atoms with E-state index in [9.17, 15) is 4.79 Å². The van der Waals surface area contributed by atoms with Crippen LogP contribution >= 0.6 is 0 Å². The first-order valence-corrected chi connectivity index (χ1v) is 5.44. The molecular weight excluding hydrogens is 192 g/mol. The molecule has 82 valence electrons. The molecular formula is C11H16N2O2. The Morgan fingerprint density at radius 2 is 2.27 bits per heavy atom. The van der Waals surface area contributed by atoms with Gasteiger partial charge in [-0.1, -0.05) is 5.16 Å². The van der Waals surface area contributed by atoms with Gasteiger partial charge in [-0.3, -0.25) is 4.79 Å². The molecule has 2 heterocycles. The monoisotopic (exact) mass is 208 g/mol. The van der Waals surface area contributed by atoms with Crippen LogP contribution in [-0.2, 0) is 6.42 Å². The van der Waals surface area contributed by atoms with E-state index in [2.05, 4.69) is 10.1 Å². The standard InChI is InChI=1S/C11H16N2O2/c1-9(14)10-8-12-15-11(10)4-7-13-5-2-3-6-13/h8H,2-7H2,1H3. The van der Waals surface area contributed by atoms with Crippen LogP contribution in [0.1, 0.15) is 35.9 Å². The highest BCUT2D eigenvalue weighted by atomic mass is 16.5. The van der Waals surface area contributed by atoms with Gasteiger partial charge in [0.15, 0.2) is 5.78 Å². The molecule has 1 aliphatic rings. The normalized spacial score (nSPS) is 17.1. The zero-order valence-electron chi connectivity index (χ0n) is 9.03. The van der Waals surface area contributed by atoms with E-state index < -0.39 is 0 Å². The maximum Gasteiger partial charge on any atom is 0.164 e. The summed E-state index contributed by atoms with van der Waals surface area (Å²) in [5.41, 5.74) is 0.634. The second kappa shape index (κ2) is 4.57. The lowest BCUT2D eigenvalue weighted by Gasteiger charge is -2.12. The van der Waals surface area contributed by atoms with E-state index in [1.54, 1.807) is 6.92 Å². The third-order valence-electron chi connectivity index (χ3n) is 2.88. The van der Waals surface area contributed by atoms with Crippen LogP contribution in [0.5, 0.6) is 0 Å². The molecule has 2 rings (SSSR count). The van der Waals surface area contributed by atoms with Crippen molar-refractivity contribution in [3.8, 4) is 0 Å². The minimum absolute atomic E-state index is 0.0349. The van der Waals surface area contributed by atoms with E-state index >= 15 is 0 Å². The van der Waals surface area contributed by atoms with Crippen molar-refractivity contribution in [3.05, 3.63) is 17.5 Å². The topological polar surface area (TPSA) is 46.3 Å². The molecule has 0 bridgehead atoms. The van der Waals surface area contributed by atoms with Gasteiger partial charge in [0.05, 0.1) is 11.8 Å². The molecule has 4 heteroatoms. The summed E-state index contributed by atoms with van der Waals surface area (Å²) >= 11 is 0. The zero-order chi connectivity index (χ0) is 10.7. The predicted molar refractivity (Wildman–Crippen MR) is 55.9 cm³/mol. The van der Waals surface area contributed by atoms with Gasteiger partial charge in [0, 0.05) is 13.0 Å². The number of ketones is 1.